The molecular weight excluding hydrogens is 360 g/mol. The van der Waals surface area contributed by atoms with Crippen molar-refractivity contribution in [3.8, 4) is 11.5 Å². The number of aryl methyl sites for hydroxylation is 2. The predicted octanol–water partition coefficient (Wildman–Crippen LogP) is 5.20. The van der Waals surface area contributed by atoms with E-state index in [2.05, 4.69) is 0 Å². The van der Waals surface area contributed by atoms with Crippen molar-refractivity contribution in [2.75, 3.05) is 0 Å². The van der Waals surface area contributed by atoms with Gasteiger partial charge in [-0.3, -0.25) is 4.79 Å². The van der Waals surface area contributed by atoms with Crippen LogP contribution in [0.5, 0.6) is 11.5 Å². The van der Waals surface area contributed by atoms with Crippen LogP contribution in [0.1, 0.15) is 36.7 Å². The molecule has 0 aliphatic carbocycles. The molecule has 27 heavy (non-hydrogen) atoms. The van der Waals surface area contributed by atoms with E-state index >= 15 is 0 Å². The van der Waals surface area contributed by atoms with Crippen LogP contribution in [0, 0.1) is 13.8 Å². The predicted molar refractivity (Wildman–Crippen MR) is 105 cm³/mol. The molecule has 0 atom stereocenters. The van der Waals surface area contributed by atoms with E-state index in [1.165, 1.54) is 0 Å². The molecule has 0 N–H and O–H groups in total. The third-order valence-corrected chi connectivity index (χ3v) is 5.29. The zero-order valence-electron chi connectivity index (χ0n) is 14.8. The second kappa shape index (κ2) is 6.85. The molecule has 0 bridgehead atoms. The zero-order chi connectivity index (χ0) is 19.0. The van der Waals surface area contributed by atoms with Crippen LogP contribution in [0.3, 0.4) is 0 Å². The molecule has 2 heterocycles. The normalized spacial score (nSPS) is 14.1. The van der Waals surface area contributed by atoms with E-state index in [-0.39, 0.29) is 11.5 Å². The summed E-state index contributed by atoms with van der Waals surface area (Å²) in [6, 6.07) is 14.0. The molecule has 1 aliphatic heterocycles. The lowest BCUT2D eigenvalue weighted by Crippen LogP contribution is -2.08. The van der Waals surface area contributed by atoms with Crippen molar-refractivity contribution in [3.63, 3.8) is 0 Å². The van der Waals surface area contributed by atoms with E-state index in [9.17, 15) is 9.59 Å². The fourth-order valence-electron chi connectivity index (χ4n) is 2.93. The number of ketones is 1. The van der Waals surface area contributed by atoms with Gasteiger partial charge in [-0.25, -0.2) is 4.79 Å². The first-order valence-electron chi connectivity index (χ1n) is 8.43. The number of hydrogen-bond acceptors (Lipinski definition) is 5. The Morgan fingerprint density at radius 2 is 1.85 bits per heavy atom. The number of hydrogen-bond donors (Lipinski definition) is 0. The number of ether oxygens (including phenoxy) is 2. The van der Waals surface area contributed by atoms with Gasteiger partial charge in [-0.05, 0) is 54.6 Å². The standard InChI is InChI=1S/C22H16O4S/c1-13-8-9-27-19(13)12-18-21(23)20-14(2)10-16(11-17(20)26-18)25-22(24)15-6-4-3-5-7-15/h3-12H,1-2H3/b18-12-. The highest BCUT2D eigenvalue weighted by Crippen LogP contribution is 2.38. The van der Waals surface area contributed by atoms with Crippen LogP contribution < -0.4 is 9.47 Å². The van der Waals surface area contributed by atoms with E-state index in [0.717, 1.165) is 10.4 Å². The number of thiophene rings is 1. The van der Waals surface area contributed by atoms with Crippen LogP contribution >= 0.6 is 11.3 Å². The topological polar surface area (TPSA) is 52.6 Å². The molecule has 1 aromatic heterocycles. The Hall–Kier alpha value is -3.18. The van der Waals surface area contributed by atoms with Gasteiger partial charge >= 0.3 is 5.97 Å². The highest BCUT2D eigenvalue weighted by molar-refractivity contribution is 7.11. The zero-order valence-corrected chi connectivity index (χ0v) is 15.6. The van der Waals surface area contributed by atoms with Crippen LogP contribution in [0.15, 0.2) is 59.7 Å². The fraction of sp³-hybridized carbons (Fsp3) is 0.0909. The summed E-state index contributed by atoms with van der Waals surface area (Å²) < 4.78 is 11.2. The number of esters is 1. The number of allylic oxidation sites excluding steroid dienone is 1. The second-order valence-electron chi connectivity index (χ2n) is 6.28. The SMILES string of the molecule is Cc1ccsc1/C=C1\Oc2cc(OC(=O)c3ccccc3)cc(C)c2C1=O. The molecule has 2 aromatic carbocycles. The molecule has 4 rings (SSSR count). The van der Waals surface area contributed by atoms with Crippen molar-refractivity contribution in [1.29, 1.82) is 0 Å². The molecule has 0 amide bonds. The van der Waals surface area contributed by atoms with Gasteiger partial charge in [-0.2, -0.15) is 0 Å². The maximum atomic E-state index is 12.7. The highest BCUT2D eigenvalue weighted by atomic mass is 32.1. The molecule has 1 aliphatic rings. The monoisotopic (exact) mass is 376 g/mol. The molecule has 3 aromatic rings. The van der Waals surface area contributed by atoms with Crippen LogP contribution in [0.25, 0.3) is 6.08 Å². The summed E-state index contributed by atoms with van der Waals surface area (Å²) in [5.41, 5.74) is 2.77. The van der Waals surface area contributed by atoms with Gasteiger partial charge in [0.25, 0.3) is 0 Å². The first kappa shape index (κ1) is 17.2. The van der Waals surface area contributed by atoms with Gasteiger partial charge < -0.3 is 9.47 Å². The van der Waals surface area contributed by atoms with Crippen molar-refractivity contribution in [1.82, 2.24) is 0 Å². The Kier molecular flexibility index (Phi) is 4.38. The smallest absolute Gasteiger partial charge is 0.343 e. The number of benzene rings is 2. The average Bonchev–Trinajstić information content (AvgIpc) is 3.19. The summed E-state index contributed by atoms with van der Waals surface area (Å²) in [5, 5.41) is 1.97. The van der Waals surface area contributed by atoms with Crippen molar-refractivity contribution in [2.24, 2.45) is 0 Å². The fourth-order valence-corrected chi connectivity index (χ4v) is 3.78. The van der Waals surface area contributed by atoms with Crippen LogP contribution in [-0.2, 0) is 0 Å². The Morgan fingerprint density at radius 1 is 1.07 bits per heavy atom. The van der Waals surface area contributed by atoms with E-state index in [4.69, 9.17) is 9.47 Å². The lowest BCUT2D eigenvalue weighted by atomic mass is 10.0. The second-order valence-corrected chi connectivity index (χ2v) is 7.22. The average molecular weight is 376 g/mol. The van der Waals surface area contributed by atoms with Gasteiger partial charge in [0.1, 0.15) is 11.5 Å². The van der Waals surface area contributed by atoms with Crippen LogP contribution in [-0.4, -0.2) is 11.8 Å². The molecule has 0 fully saturated rings. The number of fused-ring (bicyclic) bond motifs is 1. The molecule has 0 radical (unpaired) electrons. The summed E-state index contributed by atoms with van der Waals surface area (Å²) in [5.74, 6) is 0.434. The minimum atomic E-state index is -0.454. The number of carbonyl (C=O) groups excluding carboxylic acids is 2. The summed E-state index contributed by atoms with van der Waals surface area (Å²) >= 11 is 1.55. The quantitative estimate of drug-likeness (QED) is 0.358. The third-order valence-electron chi connectivity index (χ3n) is 4.33. The molecule has 134 valence electrons. The summed E-state index contributed by atoms with van der Waals surface area (Å²) in [6.07, 6.45) is 1.76. The van der Waals surface area contributed by atoms with Crippen molar-refractivity contribution in [2.45, 2.75) is 13.8 Å². The Morgan fingerprint density at radius 3 is 2.56 bits per heavy atom. The van der Waals surface area contributed by atoms with Gasteiger partial charge in [0.2, 0.25) is 5.78 Å². The minimum absolute atomic E-state index is 0.156. The number of Topliss-reactive ketones (excluding diaryl/α,β-unsaturated/α-hetero) is 1. The van der Waals surface area contributed by atoms with Gasteiger partial charge in [-0.15, -0.1) is 11.3 Å². The van der Waals surface area contributed by atoms with E-state index in [1.807, 2.05) is 24.4 Å². The number of rotatable bonds is 3. The molecular formula is C22H16O4S. The Labute approximate surface area is 160 Å². The van der Waals surface area contributed by atoms with Gasteiger partial charge in [0, 0.05) is 17.0 Å². The maximum absolute atomic E-state index is 12.7. The van der Waals surface area contributed by atoms with E-state index in [1.54, 1.807) is 60.7 Å². The summed E-state index contributed by atoms with van der Waals surface area (Å²) in [6.45, 7) is 3.79. The maximum Gasteiger partial charge on any atom is 0.343 e. The molecule has 4 nitrogen and oxygen atoms in total. The molecule has 0 saturated carbocycles. The molecule has 0 unspecified atom stereocenters. The minimum Gasteiger partial charge on any atom is -0.452 e. The number of carbonyl (C=O) groups is 2. The first-order chi connectivity index (χ1) is 13.0. The van der Waals surface area contributed by atoms with Crippen molar-refractivity contribution in [3.05, 3.63) is 86.8 Å². The highest BCUT2D eigenvalue weighted by Gasteiger charge is 2.30. The summed E-state index contributed by atoms with van der Waals surface area (Å²) in [4.78, 5) is 26.0. The van der Waals surface area contributed by atoms with Crippen LogP contribution in [0.4, 0.5) is 0 Å². The summed E-state index contributed by atoms with van der Waals surface area (Å²) in [7, 11) is 0. The molecule has 5 heteroatoms. The largest absolute Gasteiger partial charge is 0.452 e. The lowest BCUT2D eigenvalue weighted by Gasteiger charge is -2.07. The van der Waals surface area contributed by atoms with Crippen LogP contribution in [0.2, 0.25) is 0 Å². The third kappa shape index (κ3) is 3.29. The van der Waals surface area contributed by atoms with Gasteiger partial charge in [0.05, 0.1) is 11.1 Å². The van der Waals surface area contributed by atoms with Gasteiger partial charge in [0.15, 0.2) is 5.76 Å². The molecule has 0 saturated heterocycles. The van der Waals surface area contributed by atoms with Crippen molar-refractivity contribution < 1.29 is 19.1 Å². The van der Waals surface area contributed by atoms with Crippen molar-refractivity contribution >= 4 is 29.2 Å². The van der Waals surface area contributed by atoms with E-state index in [0.29, 0.717) is 28.2 Å². The first-order valence-corrected chi connectivity index (χ1v) is 9.31. The van der Waals surface area contributed by atoms with Gasteiger partial charge in [-0.1, -0.05) is 18.2 Å². The lowest BCUT2D eigenvalue weighted by molar-refractivity contribution is 0.0734. The van der Waals surface area contributed by atoms with E-state index < -0.39 is 5.97 Å². The molecule has 0 spiro atoms. The Bertz CT molecular complexity index is 1080. The Balaban J connectivity index is 1.63.